The minimum atomic E-state index is -0.810. The number of aromatic hydroxyl groups is 1. The molecule has 0 fully saturated rings. The van der Waals surface area contributed by atoms with Gasteiger partial charge in [0.15, 0.2) is 5.75 Å². The fourth-order valence-corrected chi connectivity index (χ4v) is 1.30. The van der Waals surface area contributed by atoms with E-state index in [0.29, 0.717) is 0 Å². The number of phenolic OH excluding ortho intramolecular Hbond substituents is 1. The lowest BCUT2D eigenvalue weighted by atomic mass is 10.2. The Hall–Kier alpha value is -2.64. The van der Waals surface area contributed by atoms with Crippen molar-refractivity contribution in [2.45, 2.75) is 6.92 Å². The van der Waals surface area contributed by atoms with Crippen LogP contribution in [0.25, 0.3) is 0 Å². The van der Waals surface area contributed by atoms with Gasteiger partial charge in [-0.1, -0.05) is 0 Å². The lowest BCUT2D eigenvalue weighted by molar-refractivity contribution is -0.385. The number of nitro benzene ring substituents is 1. The molecule has 1 rings (SSSR count). The highest BCUT2D eigenvalue weighted by atomic mass is 16.6. The molecule has 0 heterocycles. The molecular weight excluding hydrogens is 256 g/mol. The molecular formula is C11H12N2O6. The monoisotopic (exact) mass is 268 g/mol. The molecule has 0 unspecified atom stereocenters. The summed E-state index contributed by atoms with van der Waals surface area (Å²) in [5, 5.41) is 20.5. The number of rotatable bonds is 5. The van der Waals surface area contributed by atoms with Gasteiger partial charge in [0, 0.05) is 0 Å². The summed E-state index contributed by atoms with van der Waals surface area (Å²) in [5.41, 5.74) is -0.809. The summed E-state index contributed by atoms with van der Waals surface area (Å²) in [6, 6.07) is 2.56. The average Bonchev–Trinajstić information content (AvgIpc) is 2.36. The third-order valence-corrected chi connectivity index (χ3v) is 2.09. The predicted molar refractivity (Wildman–Crippen MR) is 66.1 cm³/mol. The van der Waals surface area contributed by atoms with Crippen LogP contribution in [-0.2, 0) is 9.53 Å². The second-order valence-electron chi connectivity index (χ2n) is 3.25. The summed E-state index contributed by atoms with van der Waals surface area (Å²) in [5.74, 6) is -1.43. The summed E-state index contributed by atoms with van der Waals surface area (Å²) < 4.78 is 9.35. The number of ether oxygens (including phenoxy) is 2. The molecule has 0 spiro atoms. The smallest absolute Gasteiger partial charge is 0.349 e. The Labute approximate surface area is 108 Å². The van der Waals surface area contributed by atoms with E-state index in [-0.39, 0.29) is 18.0 Å². The van der Waals surface area contributed by atoms with Gasteiger partial charge in [-0.25, -0.2) is 9.79 Å². The molecule has 8 heteroatoms. The van der Waals surface area contributed by atoms with Crippen molar-refractivity contribution < 1.29 is 24.3 Å². The molecule has 0 saturated carbocycles. The largest absolute Gasteiger partial charge is 0.499 e. The maximum Gasteiger partial charge on any atom is 0.349 e. The van der Waals surface area contributed by atoms with Crippen molar-refractivity contribution in [2.24, 2.45) is 4.99 Å². The Kier molecular flexibility index (Phi) is 4.81. The summed E-state index contributed by atoms with van der Waals surface area (Å²) in [6.07, 6.45) is 0.803. The minimum Gasteiger partial charge on any atom is -0.499 e. The first-order valence-corrected chi connectivity index (χ1v) is 5.26. The second kappa shape index (κ2) is 6.34. The van der Waals surface area contributed by atoms with Gasteiger partial charge in [-0.2, -0.15) is 0 Å². The standard InChI is InChI=1S/C11H12N2O6/c1-3-19-9(14)6-12-7-4-5-8(18-2)11(15)10(7)13(16)17/h4-6,15H,3H2,1-2H3. The maximum atomic E-state index is 11.1. The Balaban J connectivity index is 3.18. The lowest BCUT2D eigenvalue weighted by Gasteiger charge is -2.05. The Morgan fingerprint density at radius 1 is 1.58 bits per heavy atom. The van der Waals surface area contributed by atoms with E-state index < -0.39 is 22.3 Å². The van der Waals surface area contributed by atoms with Crippen LogP contribution in [0.4, 0.5) is 11.4 Å². The topological polar surface area (TPSA) is 111 Å². The van der Waals surface area contributed by atoms with Crippen molar-refractivity contribution in [3.63, 3.8) is 0 Å². The van der Waals surface area contributed by atoms with Crippen LogP contribution in [0.2, 0.25) is 0 Å². The van der Waals surface area contributed by atoms with Gasteiger partial charge in [-0.05, 0) is 19.1 Å². The van der Waals surface area contributed by atoms with Crippen molar-refractivity contribution >= 4 is 23.6 Å². The maximum absolute atomic E-state index is 11.1. The van der Waals surface area contributed by atoms with E-state index in [0.717, 1.165) is 6.21 Å². The quantitative estimate of drug-likeness (QED) is 0.375. The Bertz CT molecular complexity index is 526. The molecule has 0 amide bonds. The van der Waals surface area contributed by atoms with Crippen LogP contribution in [0.3, 0.4) is 0 Å². The number of carbonyl (C=O) groups is 1. The van der Waals surface area contributed by atoms with Gasteiger partial charge < -0.3 is 14.6 Å². The number of hydrogen-bond acceptors (Lipinski definition) is 7. The highest BCUT2D eigenvalue weighted by molar-refractivity contribution is 6.23. The Morgan fingerprint density at radius 2 is 2.26 bits per heavy atom. The molecule has 1 aromatic rings. The molecule has 0 radical (unpaired) electrons. The number of phenols is 1. The normalized spacial score (nSPS) is 10.4. The van der Waals surface area contributed by atoms with Crippen molar-refractivity contribution in [1.82, 2.24) is 0 Å². The number of carbonyl (C=O) groups excluding carboxylic acids is 1. The third kappa shape index (κ3) is 3.41. The number of aliphatic imine (C=N–C) groups is 1. The van der Waals surface area contributed by atoms with Gasteiger partial charge in [0.2, 0.25) is 5.75 Å². The minimum absolute atomic E-state index is 0.0539. The van der Waals surface area contributed by atoms with Crippen LogP contribution in [0.1, 0.15) is 6.92 Å². The summed E-state index contributed by atoms with van der Waals surface area (Å²) in [6.45, 7) is 1.79. The average molecular weight is 268 g/mol. The van der Waals surface area contributed by atoms with Crippen molar-refractivity contribution in [1.29, 1.82) is 0 Å². The molecule has 102 valence electrons. The van der Waals surface area contributed by atoms with E-state index in [1.165, 1.54) is 19.2 Å². The highest BCUT2D eigenvalue weighted by Gasteiger charge is 2.23. The zero-order chi connectivity index (χ0) is 14.4. The third-order valence-electron chi connectivity index (χ3n) is 2.09. The number of nitro groups is 1. The zero-order valence-corrected chi connectivity index (χ0v) is 10.3. The van der Waals surface area contributed by atoms with Crippen LogP contribution in [-0.4, -0.2) is 35.9 Å². The molecule has 0 saturated heterocycles. The predicted octanol–water partition coefficient (Wildman–Crippen LogP) is 1.57. The summed E-state index contributed by atoms with van der Waals surface area (Å²) in [7, 11) is 1.26. The van der Waals surface area contributed by atoms with Crippen LogP contribution in [0, 0.1) is 10.1 Å². The van der Waals surface area contributed by atoms with Crippen LogP contribution >= 0.6 is 0 Å². The van der Waals surface area contributed by atoms with Gasteiger partial charge in [0.25, 0.3) is 0 Å². The first-order chi connectivity index (χ1) is 9.01. The van der Waals surface area contributed by atoms with Crippen LogP contribution in [0.5, 0.6) is 11.5 Å². The lowest BCUT2D eigenvalue weighted by Crippen LogP contribution is -2.04. The number of benzene rings is 1. The van der Waals surface area contributed by atoms with Crippen molar-refractivity contribution in [2.75, 3.05) is 13.7 Å². The first-order valence-electron chi connectivity index (χ1n) is 5.26. The van der Waals surface area contributed by atoms with E-state index in [2.05, 4.69) is 9.73 Å². The summed E-state index contributed by atoms with van der Waals surface area (Å²) in [4.78, 5) is 24.8. The van der Waals surface area contributed by atoms with E-state index in [4.69, 9.17) is 4.74 Å². The van der Waals surface area contributed by atoms with Crippen molar-refractivity contribution in [3.05, 3.63) is 22.2 Å². The van der Waals surface area contributed by atoms with E-state index in [1.54, 1.807) is 6.92 Å². The fourth-order valence-electron chi connectivity index (χ4n) is 1.30. The van der Waals surface area contributed by atoms with E-state index in [9.17, 15) is 20.0 Å². The number of hydrogen-bond donors (Lipinski definition) is 1. The molecule has 0 bridgehead atoms. The molecule has 0 atom stereocenters. The fraction of sp³-hybridized carbons (Fsp3) is 0.273. The number of nitrogens with zero attached hydrogens (tertiary/aromatic N) is 2. The summed E-state index contributed by atoms with van der Waals surface area (Å²) >= 11 is 0. The zero-order valence-electron chi connectivity index (χ0n) is 10.3. The number of methoxy groups -OCH3 is 1. The van der Waals surface area contributed by atoms with Gasteiger partial charge in [0.1, 0.15) is 11.9 Å². The highest BCUT2D eigenvalue weighted by Crippen LogP contribution is 2.42. The van der Waals surface area contributed by atoms with Gasteiger partial charge >= 0.3 is 11.7 Å². The molecule has 8 nitrogen and oxygen atoms in total. The van der Waals surface area contributed by atoms with Gasteiger partial charge in [-0.15, -0.1) is 0 Å². The molecule has 0 aliphatic heterocycles. The molecule has 1 N–H and O–H groups in total. The van der Waals surface area contributed by atoms with Crippen LogP contribution < -0.4 is 4.74 Å². The molecule has 0 aromatic heterocycles. The van der Waals surface area contributed by atoms with Gasteiger partial charge in [0.05, 0.1) is 18.6 Å². The Morgan fingerprint density at radius 3 is 2.79 bits per heavy atom. The molecule has 0 aliphatic carbocycles. The molecule has 0 aliphatic rings. The molecule has 1 aromatic carbocycles. The van der Waals surface area contributed by atoms with Crippen molar-refractivity contribution in [3.8, 4) is 11.5 Å². The SMILES string of the molecule is CCOC(=O)C=Nc1ccc(OC)c(O)c1[N+](=O)[O-]. The van der Waals surface area contributed by atoms with Gasteiger partial charge in [-0.3, -0.25) is 10.1 Å². The molecule has 19 heavy (non-hydrogen) atoms. The second-order valence-corrected chi connectivity index (χ2v) is 3.25. The van der Waals surface area contributed by atoms with E-state index >= 15 is 0 Å². The first kappa shape index (κ1) is 14.4. The van der Waals surface area contributed by atoms with Crippen LogP contribution in [0.15, 0.2) is 17.1 Å². The van der Waals surface area contributed by atoms with E-state index in [1.807, 2.05) is 0 Å². The number of esters is 1.